The number of hydrogen-bond donors (Lipinski definition) is 2. The van der Waals surface area contributed by atoms with Crippen LogP contribution in [0.4, 0.5) is 5.69 Å². The highest BCUT2D eigenvalue weighted by atomic mass is 35.5. The second kappa shape index (κ2) is 8.92. The molecule has 1 fully saturated rings. The van der Waals surface area contributed by atoms with E-state index >= 15 is 0 Å². The number of nitrogens with zero attached hydrogens (tertiary/aromatic N) is 5. The maximum absolute atomic E-state index is 13.7. The summed E-state index contributed by atoms with van der Waals surface area (Å²) in [5.41, 5.74) is 11.1. The molecule has 2 aliphatic heterocycles. The number of phenols is 1. The van der Waals surface area contributed by atoms with Crippen molar-refractivity contribution in [3.05, 3.63) is 76.3 Å². The third-order valence-electron chi connectivity index (χ3n) is 7.57. The normalized spacial score (nSPS) is 18.8. The molecule has 0 radical (unpaired) electrons. The summed E-state index contributed by atoms with van der Waals surface area (Å²) in [6, 6.07) is 6.84. The summed E-state index contributed by atoms with van der Waals surface area (Å²) < 4.78 is 1.81. The minimum Gasteiger partial charge on any atom is -0.506 e. The Hall–Kier alpha value is -3.85. The van der Waals surface area contributed by atoms with Crippen molar-refractivity contribution in [2.45, 2.75) is 37.6 Å². The second-order valence-corrected chi connectivity index (χ2v) is 10.2. The first-order valence-corrected chi connectivity index (χ1v) is 12.8. The number of nitrogens with two attached hydrogens (primary N) is 1. The van der Waals surface area contributed by atoms with Gasteiger partial charge in [0.2, 0.25) is 5.91 Å². The number of pyridine rings is 1. The quantitative estimate of drug-likeness (QED) is 0.404. The van der Waals surface area contributed by atoms with Gasteiger partial charge in [-0.1, -0.05) is 24.2 Å². The zero-order valence-corrected chi connectivity index (χ0v) is 21.0. The zero-order chi connectivity index (χ0) is 25.8. The summed E-state index contributed by atoms with van der Waals surface area (Å²) in [4.78, 5) is 33.8. The van der Waals surface area contributed by atoms with Gasteiger partial charge < -0.3 is 20.6 Å². The van der Waals surface area contributed by atoms with E-state index in [1.807, 2.05) is 16.8 Å². The van der Waals surface area contributed by atoms with Crippen molar-refractivity contribution >= 4 is 29.1 Å². The van der Waals surface area contributed by atoms with Crippen LogP contribution in [0.3, 0.4) is 0 Å². The van der Waals surface area contributed by atoms with Gasteiger partial charge in [0, 0.05) is 49.9 Å². The summed E-state index contributed by atoms with van der Waals surface area (Å²) in [5.74, 6) is 0.246. The minimum atomic E-state index is -0.436. The molecule has 10 heteroatoms. The highest BCUT2D eigenvalue weighted by Gasteiger charge is 2.40. The summed E-state index contributed by atoms with van der Waals surface area (Å²) in [5, 5.41) is 16.0. The van der Waals surface area contributed by atoms with Gasteiger partial charge in [-0.15, -0.1) is 0 Å². The van der Waals surface area contributed by atoms with Crippen LogP contribution in [0.1, 0.15) is 57.7 Å². The van der Waals surface area contributed by atoms with Crippen molar-refractivity contribution in [3.63, 3.8) is 0 Å². The predicted octanol–water partition coefficient (Wildman–Crippen LogP) is 3.40. The number of aromatic nitrogens is 3. The molecule has 1 aliphatic carbocycles. The molecule has 190 valence electrons. The minimum absolute atomic E-state index is 0.192. The smallest absolute Gasteiger partial charge is 0.258 e. The van der Waals surface area contributed by atoms with E-state index in [9.17, 15) is 14.7 Å². The molecule has 3 aliphatic rings. The Labute approximate surface area is 219 Å². The molecule has 3 aromatic rings. The average Bonchev–Trinajstić information content (AvgIpc) is 3.69. The number of hydrogen-bond acceptors (Lipinski definition) is 6. The molecular weight excluding hydrogens is 492 g/mol. The number of carbonyl (C=O) groups is 2. The number of rotatable bonds is 4. The summed E-state index contributed by atoms with van der Waals surface area (Å²) in [6.45, 7) is 4.78. The Balaban J connectivity index is 1.43. The van der Waals surface area contributed by atoms with Crippen LogP contribution in [-0.2, 0) is 17.6 Å². The van der Waals surface area contributed by atoms with Crippen LogP contribution in [0.25, 0.3) is 5.69 Å². The van der Waals surface area contributed by atoms with Gasteiger partial charge in [0.15, 0.2) is 0 Å². The molecule has 0 bridgehead atoms. The third kappa shape index (κ3) is 4.03. The van der Waals surface area contributed by atoms with E-state index in [0.29, 0.717) is 44.1 Å². The van der Waals surface area contributed by atoms with E-state index in [4.69, 9.17) is 22.4 Å². The van der Waals surface area contributed by atoms with Gasteiger partial charge in [-0.3, -0.25) is 9.59 Å². The maximum atomic E-state index is 13.7. The van der Waals surface area contributed by atoms with Crippen molar-refractivity contribution in [1.82, 2.24) is 24.6 Å². The van der Waals surface area contributed by atoms with Gasteiger partial charge in [0.05, 0.1) is 23.0 Å². The molecule has 2 aromatic heterocycles. The van der Waals surface area contributed by atoms with Gasteiger partial charge >= 0.3 is 0 Å². The highest BCUT2D eigenvalue weighted by Crippen LogP contribution is 2.43. The monoisotopic (exact) mass is 518 g/mol. The van der Waals surface area contributed by atoms with E-state index in [0.717, 1.165) is 35.4 Å². The fourth-order valence-corrected chi connectivity index (χ4v) is 5.70. The van der Waals surface area contributed by atoms with Gasteiger partial charge in [-0.2, -0.15) is 5.10 Å². The van der Waals surface area contributed by atoms with Crippen LogP contribution in [0.2, 0.25) is 5.15 Å². The maximum Gasteiger partial charge on any atom is 0.258 e. The number of phenolic OH excluding ortho intramolecular Hbond substituents is 1. The summed E-state index contributed by atoms with van der Waals surface area (Å²) in [7, 11) is 0. The third-order valence-corrected chi connectivity index (χ3v) is 7.77. The molecule has 2 amide bonds. The Morgan fingerprint density at radius 2 is 2.00 bits per heavy atom. The van der Waals surface area contributed by atoms with Crippen molar-refractivity contribution < 1.29 is 14.7 Å². The van der Waals surface area contributed by atoms with Gasteiger partial charge in [-0.05, 0) is 48.6 Å². The highest BCUT2D eigenvalue weighted by molar-refractivity contribution is 6.29. The van der Waals surface area contributed by atoms with Crippen molar-refractivity contribution in [3.8, 4) is 11.4 Å². The summed E-state index contributed by atoms with van der Waals surface area (Å²) in [6.07, 6.45) is 6.05. The lowest BCUT2D eigenvalue weighted by atomic mass is 9.94. The molecule has 3 N–H and O–H groups in total. The number of halogens is 1. The Bertz CT molecular complexity index is 1450. The lowest BCUT2D eigenvalue weighted by molar-refractivity contribution is -0.126. The molecular formula is C27H27ClN6O3. The predicted molar refractivity (Wildman–Crippen MR) is 139 cm³/mol. The summed E-state index contributed by atoms with van der Waals surface area (Å²) >= 11 is 5.95. The van der Waals surface area contributed by atoms with Crippen molar-refractivity contribution in [2.75, 3.05) is 25.4 Å². The van der Waals surface area contributed by atoms with Crippen LogP contribution in [-0.4, -0.2) is 61.1 Å². The van der Waals surface area contributed by atoms with Crippen LogP contribution in [0.5, 0.6) is 5.75 Å². The number of benzene rings is 1. The van der Waals surface area contributed by atoms with E-state index in [1.54, 1.807) is 9.80 Å². The van der Waals surface area contributed by atoms with Gasteiger partial charge in [0.1, 0.15) is 16.6 Å². The Kier molecular flexibility index (Phi) is 5.67. The van der Waals surface area contributed by atoms with Crippen LogP contribution in [0, 0.1) is 0 Å². The van der Waals surface area contributed by atoms with E-state index < -0.39 is 6.04 Å². The standard InChI is InChI=1S/C27H27ClN6O3/c1-2-25(36)32-9-7-19-26-21(34(31-19)20-6-5-16(11-23(20)35)15-3-4-15)8-10-33(22(26)14-32)27(37)17-13-30-24(28)12-18(17)29/h2,5-6,11-13,15,22,35H,1,3-4,7-10,14H2,(H2,29,30). The number of aromatic hydroxyl groups is 1. The van der Waals surface area contributed by atoms with E-state index in [2.05, 4.69) is 17.6 Å². The average molecular weight is 519 g/mol. The lowest BCUT2D eigenvalue weighted by Gasteiger charge is -2.38. The largest absolute Gasteiger partial charge is 0.506 e. The molecule has 1 saturated carbocycles. The molecule has 1 unspecified atom stereocenters. The SMILES string of the molecule is C=CC(=O)N1CCc2nn(-c3ccc(C4CC4)cc3O)c3c2C(C1)N(C(=O)c1cnc(Cl)cc1N)CC3. The molecule has 0 spiro atoms. The number of anilines is 1. The van der Waals surface area contributed by atoms with Crippen molar-refractivity contribution in [1.29, 1.82) is 0 Å². The number of carbonyl (C=O) groups excluding carboxylic acids is 2. The molecule has 37 heavy (non-hydrogen) atoms. The van der Waals surface area contributed by atoms with Gasteiger partial charge in [-0.25, -0.2) is 9.67 Å². The zero-order valence-electron chi connectivity index (χ0n) is 20.2. The first-order valence-electron chi connectivity index (χ1n) is 12.4. The fourth-order valence-electron chi connectivity index (χ4n) is 5.53. The van der Waals surface area contributed by atoms with Crippen LogP contribution < -0.4 is 5.73 Å². The fraction of sp³-hybridized carbons (Fsp3) is 0.333. The molecule has 1 aromatic carbocycles. The molecule has 9 nitrogen and oxygen atoms in total. The first-order chi connectivity index (χ1) is 17.9. The van der Waals surface area contributed by atoms with Crippen molar-refractivity contribution in [2.24, 2.45) is 0 Å². The molecule has 1 atom stereocenters. The van der Waals surface area contributed by atoms with Crippen LogP contribution >= 0.6 is 11.6 Å². The van der Waals surface area contributed by atoms with Gasteiger partial charge in [0.25, 0.3) is 5.91 Å². The van der Waals surface area contributed by atoms with Crippen LogP contribution in [0.15, 0.2) is 43.1 Å². The Morgan fingerprint density at radius 1 is 1.19 bits per heavy atom. The number of nitrogen functional groups attached to an aromatic ring is 1. The molecule has 6 rings (SSSR count). The lowest BCUT2D eigenvalue weighted by Crippen LogP contribution is -2.46. The number of amides is 2. The Morgan fingerprint density at radius 3 is 2.70 bits per heavy atom. The van der Waals surface area contributed by atoms with E-state index in [-0.39, 0.29) is 34.0 Å². The van der Waals surface area contributed by atoms with E-state index in [1.165, 1.54) is 18.3 Å². The molecule has 4 heterocycles. The topological polar surface area (TPSA) is 118 Å². The molecule has 0 saturated heterocycles. The first kappa shape index (κ1) is 23.5. The second-order valence-electron chi connectivity index (χ2n) is 9.84.